The van der Waals surface area contributed by atoms with Crippen LogP contribution >= 0.6 is 23.5 Å². The Labute approximate surface area is 191 Å². The Bertz CT molecular complexity index is 1120. The van der Waals surface area contributed by atoms with Crippen molar-refractivity contribution in [3.05, 3.63) is 71.9 Å². The molecule has 1 amide bonds. The molecule has 2 heterocycles. The van der Waals surface area contributed by atoms with Crippen molar-refractivity contribution in [1.82, 2.24) is 4.98 Å². The lowest BCUT2D eigenvalue weighted by molar-refractivity contribution is -0.117. The summed E-state index contributed by atoms with van der Waals surface area (Å²) in [7, 11) is 0. The minimum atomic E-state index is -0.405. The molecule has 0 spiro atoms. The minimum absolute atomic E-state index is 0.0230. The highest BCUT2D eigenvalue weighted by atomic mass is 32.2. The number of nitrogens with zero attached hydrogens (tertiary/aromatic N) is 3. The third kappa shape index (κ3) is 4.48. The van der Waals surface area contributed by atoms with Crippen molar-refractivity contribution in [3.8, 4) is 6.07 Å². The number of para-hydroxylation sites is 2. The third-order valence-corrected chi connectivity index (χ3v) is 7.16. The quantitative estimate of drug-likeness (QED) is 0.422. The van der Waals surface area contributed by atoms with E-state index in [0.717, 1.165) is 33.3 Å². The van der Waals surface area contributed by atoms with Gasteiger partial charge in [-0.15, -0.1) is 0 Å². The van der Waals surface area contributed by atoms with Gasteiger partial charge in [-0.1, -0.05) is 61.6 Å². The molecule has 1 aliphatic rings. The lowest BCUT2D eigenvalue weighted by atomic mass is 10.1. The van der Waals surface area contributed by atoms with E-state index in [1.54, 1.807) is 11.8 Å². The molecule has 1 aliphatic heterocycles. The molecule has 3 aromatic rings. The highest BCUT2D eigenvalue weighted by Crippen LogP contribution is 2.48. The minimum Gasteiger partial charge on any atom is -0.278 e. The molecule has 6 heteroatoms. The van der Waals surface area contributed by atoms with Gasteiger partial charge in [0, 0.05) is 15.5 Å². The number of thioether (sulfide) groups is 1. The Kier molecular flexibility index (Phi) is 6.35. The number of rotatable bonds is 5. The fourth-order valence-electron chi connectivity index (χ4n) is 3.53. The highest BCUT2D eigenvalue weighted by Gasteiger charge is 2.31. The summed E-state index contributed by atoms with van der Waals surface area (Å²) in [5.74, 6) is 0.446. The van der Waals surface area contributed by atoms with Crippen LogP contribution in [0.15, 0.2) is 75.5 Å². The molecule has 0 saturated heterocycles. The Morgan fingerprint density at radius 2 is 1.65 bits per heavy atom. The predicted octanol–water partition coefficient (Wildman–Crippen LogP) is 6.46. The van der Waals surface area contributed by atoms with E-state index >= 15 is 0 Å². The van der Waals surface area contributed by atoms with E-state index < -0.39 is 5.25 Å². The average molecular weight is 446 g/mol. The van der Waals surface area contributed by atoms with Crippen LogP contribution in [0.5, 0.6) is 0 Å². The van der Waals surface area contributed by atoms with E-state index in [1.807, 2.05) is 72.5 Å². The number of benzene rings is 2. The van der Waals surface area contributed by atoms with Gasteiger partial charge in [0.25, 0.3) is 0 Å². The summed E-state index contributed by atoms with van der Waals surface area (Å²) in [5, 5.41) is 9.77. The van der Waals surface area contributed by atoms with Gasteiger partial charge in [-0.05, 0) is 55.7 Å². The third-order valence-electron chi connectivity index (χ3n) is 4.94. The zero-order chi connectivity index (χ0) is 22.0. The fraction of sp³-hybridized carbons (Fsp3) is 0.240. The summed E-state index contributed by atoms with van der Waals surface area (Å²) in [6.45, 7) is 6.17. The van der Waals surface area contributed by atoms with Gasteiger partial charge in [-0.2, -0.15) is 5.26 Å². The summed E-state index contributed by atoms with van der Waals surface area (Å²) < 4.78 is 0. The van der Waals surface area contributed by atoms with Crippen molar-refractivity contribution in [3.63, 3.8) is 0 Å². The molecular weight excluding hydrogens is 422 g/mol. The highest BCUT2D eigenvalue weighted by molar-refractivity contribution is 8.00. The van der Waals surface area contributed by atoms with Gasteiger partial charge in [-0.25, -0.2) is 4.98 Å². The van der Waals surface area contributed by atoms with Crippen LogP contribution in [-0.4, -0.2) is 16.1 Å². The molecule has 4 nitrogen and oxygen atoms in total. The Balaban J connectivity index is 1.66. The summed E-state index contributed by atoms with van der Waals surface area (Å²) >= 11 is 3.03. The number of pyridine rings is 1. The Hall–Kier alpha value is -2.75. The lowest BCUT2D eigenvalue weighted by Gasteiger charge is -2.32. The SMILES string of the molecule is CC(C)Cc1ccc(C#N)c(SC(C)C(=O)N2c3ccccc3Sc3ccccc32)n1. The van der Waals surface area contributed by atoms with Crippen molar-refractivity contribution in [2.75, 3.05) is 4.90 Å². The molecule has 0 aliphatic carbocycles. The number of nitriles is 1. The molecule has 0 fully saturated rings. The maximum Gasteiger partial charge on any atom is 0.244 e. The van der Waals surface area contributed by atoms with E-state index in [2.05, 4.69) is 19.9 Å². The van der Waals surface area contributed by atoms with Crippen LogP contribution in [0.25, 0.3) is 0 Å². The van der Waals surface area contributed by atoms with Gasteiger partial charge >= 0.3 is 0 Å². The van der Waals surface area contributed by atoms with Crippen molar-refractivity contribution < 1.29 is 4.79 Å². The Morgan fingerprint density at radius 3 is 2.23 bits per heavy atom. The molecule has 0 saturated carbocycles. The van der Waals surface area contributed by atoms with Crippen LogP contribution < -0.4 is 4.90 Å². The molecule has 0 radical (unpaired) electrons. The van der Waals surface area contributed by atoms with Crippen molar-refractivity contribution in [1.29, 1.82) is 5.26 Å². The molecule has 31 heavy (non-hydrogen) atoms. The first-order valence-electron chi connectivity index (χ1n) is 10.2. The van der Waals surface area contributed by atoms with Crippen LogP contribution in [-0.2, 0) is 11.2 Å². The summed E-state index contributed by atoms with van der Waals surface area (Å²) in [6.07, 6.45) is 0.839. The number of carbonyl (C=O) groups excluding carboxylic acids is 1. The number of hydrogen-bond acceptors (Lipinski definition) is 5. The largest absolute Gasteiger partial charge is 0.278 e. The van der Waals surface area contributed by atoms with Crippen molar-refractivity contribution in [2.45, 2.75) is 47.3 Å². The van der Waals surface area contributed by atoms with Gasteiger partial charge in [0.1, 0.15) is 11.1 Å². The first-order valence-corrected chi connectivity index (χ1v) is 11.9. The number of aromatic nitrogens is 1. The molecule has 1 aromatic heterocycles. The zero-order valence-corrected chi connectivity index (χ0v) is 19.3. The molecule has 1 atom stereocenters. The van der Waals surface area contributed by atoms with E-state index in [0.29, 0.717) is 16.5 Å². The monoisotopic (exact) mass is 445 g/mol. The Morgan fingerprint density at radius 1 is 1.03 bits per heavy atom. The van der Waals surface area contributed by atoms with Gasteiger partial charge in [0.15, 0.2) is 0 Å². The summed E-state index contributed by atoms with van der Waals surface area (Å²) in [6, 6.07) is 21.9. The van der Waals surface area contributed by atoms with Gasteiger partial charge in [0.05, 0.1) is 22.2 Å². The van der Waals surface area contributed by atoms with Crippen LogP contribution in [0.4, 0.5) is 11.4 Å². The van der Waals surface area contributed by atoms with Crippen LogP contribution in [0.3, 0.4) is 0 Å². The van der Waals surface area contributed by atoms with E-state index in [-0.39, 0.29) is 5.91 Å². The van der Waals surface area contributed by atoms with E-state index in [4.69, 9.17) is 4.98 Å². The first-order chi connectivity index (χ1) is 15.0. The van der Waals surface area contributed by atoms with Crippen LogP contribution in [0, 0.1) is 17.2 Å². The maximum absolute atomic E-state index is 13.7. The summed E-state index contributed by atoms with van der Waals surface area (Å²) in [4.78, 5) is 22.3. The summed E-state index contributed by atoms with van der Waals surface area (Å²) in [5.41, 5.74) is 3.24. The number of anilines is 2. The molecule has 1 unspecified atom stereocenters. The van der Waals surface area contributed by atoms with E-state index in [1.165, 1.54) is 11.8 Å². The van der Waals surface area contributed by atoms with Crippen molar-refractivity contribution >= 4 is 40.8 Å². The maximum atomic E-state index is 13.7. The zero-order valence-electron chi connectivity index (χ0n) is 17.7. The number of fused-ring (bicyclic) bond motifs is 2. The van der Waals surface area contributed by atoms with Crippen LogP contribution in [0.2, 0.25) is 0 Å². The van der Waals surface area contributed by atoms with Crippen LogP contribution in [0.1, 0.15) is 32.0 Å². The number of carbonyl (C=O) groups is 1. The number of amides is 1. The second kappa shape index (κ2) is 9.17. The molecule has 4 rings (SSSR count). The van der Waals surface area contributed by atoms with Gasteiger partial charge in [-0.3, -0.25) is 9.69 Å². The topological polar surface area (TPSA) is 57.0 Å². The average Bonchev–Trinajstić information content (AvgIpc) is 2.76. The predicted molar refractivity (Wildman–Crippen MR) is 127 cm³/mol. The smallest absolute Gasteiger partial charge is 0.244 e. The van der Waals surface area contributed by atoms with Crippen molar-refractivity contribution in [2.24, 2.45) is 5.92 Å². The van der Waals surface area contributed by atoms with E-state index in [9.17, 15) is 10.1 Å². The second-order valence-electron chi connectivity index (χ2n) is 7.84. The molecule has 0 bridgehead atoms. The lowest BCUT2D eigenvalue weighted by Crippen LogP contribution is -2.34. The molecule has 0 N–H and O–H groups in total. The standard InChI is InChI=1S/C25H23N3OS2/c1-16(2)14-19-13-12-18(15-26)24(27-19)30-17(3)25(29)28-20-8-4-6-10-22(20)31-23-11-7-5-9-21(23)28/h4-13,16-17H,14H2,1-3H3. The normalized spacial score (nSPS) is 13.3. The van der Waals surface area contributed by atoms with Gasteiger partial charge in [0.2, 0.25) is 5.91 Å². The number of hydrogen-bond donors (Lipinski definition) is 0. The molecule has 2 aromatic carbocycles. The fourth-order valence-corrected chi connectivity index (χ4v) is 5.54. The first kappa shape index (κ1) is 21.5. The molecular formula is C25H23N3OS2. The molecule has 156 valence electrons. The van der Waals surface area contributed by atoms with Gasteiger partial charge < -0.3 is 0 Å². The second-order valence-corrected chi connectivity index (χ2v) is 10.2.